The summed E-state index contributed by atoms with van der Waals surface area (Å²) in [6, 6.07) is 0.0758. The minimum Gasteiger partial charge on any atom is -0.378 e. The molecule has 1 saturated heterocycles. The predicted octanol–water partition coefficient (Wildman–Crippen LogP) is 2.99. The van der Waals surface area contributed by atoms with E-state index in [0.717, 1.165) is 38.8 Å². The van der Waals surface area contributed by atoms with Crippen LogP contribution in [0.15, 0.2) is 0 Å². The van der Waals surface area contributed by atoms with E-state index in [1.54, 1.807) is 0 Å². The molecule has 0 radical (unpaired) electrons. The molecule has 0 saturated carbocycles. The van der Waals surface area contributed by atoms with Crippen molar-refractivity contribution in [2.24, 2.45) is 5.73 Å². The third kappa shape index (κ3) is 3.41. The van der Waals surface area contributed by atoms with Gasteiger partial charge < -0.3 is 10.5 Å². The van der Waals surface area contributed by atoms with Crippen molar-refractivity contribution >= 4 is 0 Å². The molecular weight excluding hydrogens is 250 g/mol. The van der Waals surface area contributed by atoms with Gasteiger partial charge >= 0.3 is 0 Å². The molecule has 0 aromatic carbocycles. The fraction of sp³-hybridized carbons (Fsp3) is 0.812. The van der Waals surface area contributed by atoms with Crippen molar-refractivity contribution in [3.05, 3.63) is 17.0 Å². The molecule has 2 N–H and O–H groups in total. The first-order valence-corrected chi connectivity index (χ1v) is 8.12. The van der Waals surface area contributed by atoms with Crippen LogP contribution in [0.5, 0.6) is 0 Å². The first kappa shape index (κ1) is 15.5. The van der Waals surface area contributed by atoms with E-state index in [1.807, 2.05) is 0 Å². The Balaban J connectivity index is 2.02. The maximum Gasteiger partial charge on any atom is 0.0672 e. The molecule has 1 aromatic heterocycles. The van der Waals surface area contributed by atoms with E-state index in [9.17, 15) is 0 Å². The Labute approximate surface area is 122 Å². The van der Waals surface area contributed by atoms with Crippen molar-refractivity contribution in [1.29, 1.82) is 0 Å². The molecule has 4 nitrogen and oxygen atoms in total. The topological polar surface area (TPSA) is 53.1 Å². The number of hydrogen-bond donors (Lipinski definition) is 1. The van der Waals surface area contributed by atoms with Crippen LogP contribution in [-0.2, 0) is 24.1 Å². The van der Waals surface area contributed by atoms with Gasteiger partial charge in [0.1, 0.15) is 0 Å². The van der Waals surface area contributed by atoms with E-state index in [2.05, 4.69) is 25.5 Å². The lowest BCUT2D eigenvalue weighted by molar-refractivity contribution is 0.101. The lowest BCUT2D eigenvalue weighted by Gasteiger charge is -2.12. The van der Waals surface area contributed by atoms with Gasteiger partial charge in [0, 0.05) is 30.5 Å². The van der Waals surface area contributed by atoms with E-state index >= 15 is 0 Å². The van der Waals surface area contributed by atoms with Gasteiger partial charge in [-0.05, 0) is 45.4 Å². The van der Waals surface area contributed by atoms with Gasteiger partial charge in [0.05, 0.1) is 11.8 Å². The Hall–Kier alpha value is -0.870. The summed E-state index contributed by atoms with van der Waals surface area (Å²) in [7, 11) is 0. The van der Waals surface area contributed by atoms with Gasteiger partial charge in [0.2, 0.25) is 0 Å². The second kappa shape index (κ2) is 7.23. The predicted molar refractivity (Wildman–Crippen MR) is 81.8 cm³/mol. The van der Waals surface area contributed by atoms with Crippen molar-refractivity contribution in [3.8, 4) is 0 Å². The minimum atomic E-state index is 0.0758. The average molecular weight is 279 g/mol. The lowest BCUT2D eigenvalue weighted by Crippen LogP contribution is -2.12. The SMILES string of the molecule is CCc1nn(CCCC2CCCO2)c(CC)c1C(C)N. The van der Waals surface area contributed by atoms with E-state index in [4.69, 9.17) is 15.6 Å². The van der Waals surface area contributed by atoms with Crippen LogP contribution in [0.4, 0.5) is 0 Å². The molecule has 1 aromatic rings. The Bertz CT molecular complexity index is 420. The van der Waals surface area contributed by atoms with Crippen LogP contribution in [-0.4, -0.2) is 22.5 Å². The van der Waals surface area contributed by atoms with E-state index in [1.165, 1.54) is 29.8 Å². The van der Waals surface area contributed by atoms with E-state index in [0.29, 0.717) is 6.10 Å². The number of aryl methyl sites for hydroxylation is 2. The Morgan fingerprint density at radius 1 is 1.40 bits per heavy atom. The number of nitrogens with two attached hydrogens (primary N) is 1. The number of hydrogen-bond acceptors (Lipinski definition) is 3. The zero-order chi connectivity index (χ0) is 14.5. The van der Waals surface area contributed by atoms with Gasteiger partial charge in [-0.2, -0.15) is 5.10 Å². The molecule has 1 fully saturated rings. The number of rotatable bonds is 7. The first-order valence-electron chi connectivity index (χ1n) is 8.12. The second-order valence-corrected chi connectivity index (χ2v) is 5.80. The summed E-state index contributed by atoms with van der Waals surface area (Å²) in [6.45, 7) is 8.35. The second-order valence-electron chi connectivity index (χ2n) is 5.80. The Morgan fingerprint density at radius 2 is 2.20 bits per heavy atom. The zero-order valence-electron chi connectivity index (χ0n) is 13.2. The zero-order valence-corrected chi connectivity index (χ0v) is 13.2. The van der Waals surface area contributed by atoms with Crippen LogP contribution in [0.3, 0.4) is 0 Å². The molecule has 2 atom stereocenters. The molecule has 2 heterocycles. The number of nitrogens with zero attached hydrogens (tertiary/aromatic N) is 2. The summed E-state index contributed by atoms with van der Waals surface area (Å²) in [4.78, 5) is 0. The summed E-state index contributed by atoms with van der Waals surface area (Å²) >= 11 is 0. The molecular formula is C16H29N3O. The van der Waals surface area contributed by atoms with Gasteiger partial charge in [-0.25, -0.2) is 0 Å². The van der Waals surface area contributed by atoms with Gasteiger partial charge in [0.15, 0.2) is 0 Å². The summed E-state index contributed by atoms with van der Waals surface area (Å²) in [6.07, 6.45) is 7.19. The molecule has 2 rings (SSSR count). The quantitative estimate of drug-likeness (QED) is 0.835. The maximum absolute atomic E-state index is 6.13. The smallest absolute Gasteiger partial charge is 0.0672 e. The lowest BCUT2D eigenvalue weighted by atomic mass is 10.0. The van der Waals surface area contributed by atoms with Crippen molar-refractivity contribution in [3.63, 3.8) is 0 Å². The van der Waals surface area contributed by atoms with Crippen LogP contribution >= 0.6 is 0 Å². The van der Waals surface area contributed by atoms with Crippen molar-refractivity contribution < 1.29 is 4.74 Å². The molecule has 1 aliphatic rings. The minimum absolute atomic E-state index is 0.0758. The highest BCUT2D eigenvalue weighted by molar-refractivity contribution is 5.29. The highest BCUT2D eigenvalue weighted by Gasteiger charge is 2.19. The normalized spacial score (nSPS) is 20.5. The third-order valence-corrected chi connectivity index (χ3v) is 4.22. The molecule has 2 unspecified atom stereocenters. The number of aromatic nitrogens is 2. The summed E-state index contributed by atoms with van der Waals surface area (Å²) in [5, 5.41) is 4.78. The molecule has 20 heavy (non-hydrogen) atoms. The molecule has 114 valence electrons. The number of ether oxygens (including phenoxy) is 1. The largest absolute Gasteiger partial charge is 0.378 e. The summed E-state index contributed by atoms with van der Waals surface area (Å²) in [5.74, 6) is 0. The molecule has 0 amide bonds. The Kier molecular flexibility index (Phi) is 5.61. The third-order valence-electron chi connectivity index (χ3n) is 4.22. The molecule has 4 heteroatoms. The van der Waals surface area contributed by atoms with Crippen LogP contribution in [0.2, 0.25) is 0 Å². The standard InChI is InChI=1S/C16H29N3O/c1-4-14-16(12(3)17)15(5-2)19(18-14)10-6-8-13-9-7-11-20-13/h12-13H,4-11,17H2,1-3H3. The Morgan fingerprint density at radius 3 is 2.75 bits per heavy atom. The summed E-state index contributed by atoms with van der Waals surface area (Å²) in [5.41, 5.74) is 9.90. The fourth-order valence-electron chi connectivity index (χ4n) is 3.25. The average Bonchev–Trinajstić information content (AvgIpc) is 3.05. The van der Waals surface area contributed by atoms with E-state index < -0.39 is 0 Å². The van der Waals surface area contributed by atoms with E-state index in [-0.39, 0.29) is 6.04 Å². The van der Waals surface area contributed by atoms with Crippen molar-refractivity contribution in [1.82, 2.24) is 9.78 Å². The summed E-state index contributed by atoms with van der Waals surface area (Å²) < 4.78 is 7.87. The molecule has 1 aliphatic heterocycles. The molecule has 0 aliphatic carbocycles. The van der Waals surface area contributed by atoms with Crippen LogP contribution in [0.25, 0.3) is 0 Å². The highest BCUT2D eigenvalue weighted by Crippen LogP contribution is 2.23. The first-order chi connectivity index (χ1) is 9.67. The molecule has 0 spiro atoms. The van der Waals surface area contributed by atoms with Crippen molar-refractivity contribution in [2.75, 3.05) is 6.61 Å². The van der Waals surface area contributed by atoms with Crippen LogP contribution < -0.4 is 5.73 Å². The van der Waals surface area contributed by atoms with Gasteiger partial charge in [0.25, 0.3) is 0 Å². The van der Waals surface area contributed by atoms with Crippen molar-refractivity contribution in [2.45, 2.75) is 78.0 Å². The molecule has 0 bridgehead atoms. The van der Waals surface area contributed by atoms with Gasteiger partial charge in [-0.1, -0.05) is 13.8 Å². The maximum atomic E-state index is 6.13. The van der Waals surface area contributed by atoms with Gasteiger partial charge in [-0.15, -0.1) is 0 Å². The van der Waals surface area contributed by atoms with Crippen LogP contribution in [0, 0.1) is 0 Å². The highest BCUT2D eigenvalue weighted by atomic mass is 16.5. The van der Waals surface area contributed by atoms with Gasteiger partial charge in [-0.3, -0.25) is 4.68 Å². The monoisotopic (exact) mass is 279 g/mol. The van der Waals surface area contributed by atoms with Crippen LogP contribution in [0.1, 0.15) is 69.4 Å². The fourth-order valence-corrected chi connectivity index (χ4v) is 3.25.